The number of carbonyl (C=O) groups excluding carboxylic acids is 2. The van der Waals surface area contributed by atoms with E-state index >= 15 is 0 Å². The number of methoxy groups -OCH3 is 1. The number of benzene rings is 2. The maximum atomic E-state index is 12.8. The number of anilines is 4. The fourth-order valence-corrected chi connectivity index (χ4v) is 5.53. The molecule has 2 N–H and O–H groups in total. The molecule has 1 aromatic heterocycles. The molecule has 1 aliphatic rings. The topological polar surface area (TPSA) is 99.7 Å². The molecule has 9 nitrogen and oxygen atoms in total. The second-order valence-corrected chi connectivity index (χ2v) is 11.7. The third-order valence-corrected chi connectivity index (χ3v) is 8.33. The normalized spacial score (nSPS) is 14.4. The number of thioether (sulfide) groups is 1. The Kier molecular flexibility index (Phi) is 10.8. The molecule has 0 bridgehead atoms. The van der Waals surface area contributed by atoms with E-state index in [0.29, 0.717) is 46.7 Å². The van der Waals surface area contributed by atoms with Crippen LogP contribution >= 0.6 is 23.4 Å². The van der Waals surface area contributed by atoms with Gasteiger partial charge in [0, 0.05) is 68.6 Å². The number of carbonyl (C=O) groups is 2. The molecule has 2 heterocycles. The molecule has 0 saturated carbocycles. The van der Waals surface area contributed by atoms with Crippen molar-refractivity contribution in [3.8, 4) is 5.75 Å². The first-order valence-corrected chi connectivity index (χ1v) is 15.0. The van der Waals surface area contributed by atoms with Crippen LogP contribution < -0.4 is 20.3 Å². The van der Waals surface area contributed by atoms with Gasteiger partial charge in [0.1, 0.15) is 5.75 Å². The first-order valence-electron chi connectivity index (χ1n) is 13.7. The highest BCUT2D eigenvalue weighted by Crippen LogP contribution is 2.32. The van der Waals surface area contributed by atoms with E-state index < -0.39 is 0 Å². The van der Waals surface area contributed by atoms with Gasteiger partial charge in [-0.2, -0.15) is 0 Å². The Morgan fingerprint density at radius 3 is 2.63 bits per heavy atom. The van der Waals surface area contributed by atoms with Crippen molar-refractivity contribution in [2.75, 3.05) is 61.6 Å². The van der Waals surface area contributed by atoms with Crippen molar-refractivity contribution in [3.63, 3.8) is 0 Å². The third kappa shape index (κ3) is 8.58. The Bertz CT molecular complexity index is 1370. The molecular weight excluding hydrogens is 560 g/mol. The summed E-state index contributed by atoms with van der Waals surface area (Å²) in [6.45, 7) is 7.45. The smallest absolute Gasteiger partial charge is 0.228 e. The van der Waals surface area contributed by atoms with E-state index in [1.165, 1.54) is 18.7 Å². The first-order chi connectivity index (χ1) is 19.7. The molecular formula is C30H37ClN6O3S. The molecule has 1 atom stereocenters. The summed E-state index contributed by atoms with van der Waals surface area (Å²) >= 11 is 7.66. The van der Waals surface area contributed by atoms with Crippen LogP contribution in [0.2, 0.25) is 5.02 Å². The number of ether oxygens (including phenoxy) is 1. The standard InChI is InChI=1S/C30H37ClN6O3S/c1-5-22(19-41-20(2)38)29(39)33-23-8-6-7-21(15-23)16-27-25(31)18-32-30(35-27)34-26-10-9-24(17-28(26)40-4)37-13-11-36(3)12-14-37/h6-10,15,17-18,22H,5,11-14,16,19H2,1-4H3,(H,33,39)(H,32,34,35). The molecule has 1 amide bonds. The molecule has 218 valence electrons. The van der Waals surface area contributed by atoms with Crippen LogP contribution in [-0.2, 0) is 16.0 Å². The van der Waals surface area contributed by atoms with Crippen LogP contribution in [0.15, 0.2) is 48.7 Å². The van der Waals surface area contributed by atoms with Crippen molar-refractivity contribution in [1.82, 2.24) is 14.9 Å². The quantitative estimate of drug-likeness (QED) is 0.298. The molecule has 3 aromatic rings. The van der Waals surface area contributed by atoms with E-state index in [0.717, 1.165) is 43.1 Å². The number of rotatable bonds is 11. The van der Waals surface area contributed by atoms with Gasteiger partial charge in [-0.1, -0.05) is 42.4 Å². The maximum Gasteiger partial charge on any atom is 0.228 e. The second-order valence-electron chi connectivity index (χ2n) is 10.1. The largest absolute Gasteiger partial charge is 0.494 e. The van der Waals surface area contributed by atoms with Gasteiger partial charge < -0.3 is 25.2 Å². The minimum atomic E-state index is -0.245. The lowest BCUT2D eigenvalue weighted by Crippen LogP contribution is -2.44. The Morgan fingerprint density at radius 2 is 1.93 bits per heavy atom. The zero-order chi connectivity index (χ0) is 29.4. The Labute approximate surface area is 251 Å². The lowest BCUT2D eigenvalue weighted by molar-refractivity contribution is -0.119. The zero-order valence-electron chi connectivity index (χ0n) is 23.9. The van der Waals surface area contributed by atoms with E-state index in [1.807, 2.05) is 43.3 Å². The summed E-state index contributed by atoms with van der Waals surface area (Å²) in [6, 6.07) is 13.7. The minimum Gasteiger partial charge on any atom is -0.494 e. The van der Waals surface area contributed by atoms with Gasteiger partial charge in [0.15, 0.2) is 5.12 Å². The van der Waals surface area contributed by atoms with E-state index in [9.17, 15) is 9.59 Å². The highest BCUT2D eigenvalue weighted by Gasteiger charge is 2.19. The summed E-state index contributed by atoms with van der Waals surface area (Å²) in [6.07, 6.45) is 2.69. The summed E-state index contributed by atoms with van der Waals surface area (Å²) in [7, 11) is 3.79. The van der Waals surface area contributed by atoms with Crippen molar-refractivity contribution in [2.24, 2.45) is 5.92 Å². The summed E-state index contributed by atoms with van der Waals surface area (Å²) in [5.41, 5.74) is 4.16. The van der Waals surface area contributed by atoms with Crippen LogP contribution in [-0.4, -0.2) is 72.0 Å². The fourth-order valence-electron chi connectivity index (χ4n) is 4.55. The molecule has 0 radical (unpaired) electrons. The van der Waals surface area contributed by atoms with Crippen molar-refractivity contribution >= 4 is 57.4 Å². The number of piperazine rings is 1. The average molecular weight is 597 g/mol. The van der Waals surface area contributed by atoms with E-state index in [4.69, 9.17) is 16.3 Å². The van der Waals surface area contributed by atoms with Crippen molar-refractivity contribution in [3.05, 3.63) is 64.9 Å². The highest BCUT2D eigenvalue weighted by molar-refractivity contribution is 8.13. The molecule has 1 fully saturated rings. The van der Waals surface area contributed by atoms with Crippen LogP contribution in [0.4, 0.5) is 23.0 Å². The number of nitrogens with one attached hydrogen (secondary N) is 2. The van der Waals surface area contributed by atoms with Crippen LogP contribution in [0.5, 0.6) is 5.75 Å². The van der Waals surface area contributed by atoms with Gasteiger partial charge in [-0.3, -0.25) is 9.59 Å². The van der Waals surface area contributed by atoms with Crippen LogP contribution in [0.1, 0.15) is 31.5 Å². The van der Waals surface area contributed by atoms with Crippen molar-refractivity contribution < 1.29 is 14.3 Å². The summed E-state index contributed by atoms with van der Waals surface area (Å²) in [4.78, 5) is 37.8. The van der Waals surface area contributed by atoms with E-state index in [-0.39, 0.29) is 16.9 Å². The lowest BCUT2D eigenvalue weighted by atomic mass is 10.1. The van der Waals surface area contributed by atoms with Gasteiger partial charge in [0.2, 0.25) is 11.9 Å². The monoisotopic (exact) mass is 596 g/mol. The molecule has 1 unspecified atom stereocenters. The lowest BCUT2D eigenvalue weighted by Gasteiger charge is -2.34. The second kappa shape index (κ2) is 14.5. The SMILES string of the molecule is CCC(CSC(C)=O)C(=O)Nc1cccc(Cc2nc(Nc3ccc(N4CCN(C)CC4)cc3OC)ncc2Cl)c1. The number of aromatic nitrogens is 2. The van der Waals surface area contributed by atoms with E-state index in [2.05, 4.69) is 43.5 Å². The molecule has 41 heavy (non-hydrogen) atoms. The predicted molar refractivity (Wildman–Crippen MR) is 168 cm³/mol. The van der Waals surface area contributed by atoms with Gasteiger partial charge in [0.25, 0.3) is 0 Å². The van der Waals surface area contributed by atoms with Gasteiger partial charge in [0.05, 0.1) is 29.7 Å². The van der Waals surface area contributed by atoms with Crippen LogP contribution in [0.25, 0.3) is 0 Å². The average Bonchev–Trinajstić information content (AvgIpc) is 2.96. The van der Waals surface area contributed by atoms with Crippen molar-refractivity contribution in [1.29, 1.82) is 0 Å². The number of hydrogen-bond acceptors (Lipinski definition) is 9. The molecule has 0 spiro atoms. The number of amides is 1. The molecule has 1 saturated heterocycles. The summed E-state index contributed by atoms with van der Waals surface area (Å²) in [5.74, 6) is 1.24. The van der Waals surface area contributed by atoms with E-state index in [1.54, 1.807) is 13.3 Å². The predicted octanol–water partition coefficient (Wildman–Crippen LogP) is 5.47. The number of halogens is 1. The molecule has 1 aliphatic heterocycles. The number of nitrogens with zero attached hydrogens (tertiary/aromatic N) is 4. The minimum absolute atomic E-state index is 0.00921. The summed E-state index contributed by atoms with van der Waals surface area (Å²) < 4.78 is 5.68. The highest BCUT2D eigenvalue weighted by atomic mass is 35.5. The Hall–Kier alpha value is -3.34. The molecule has 4 rings (SSSR count). The van der Waals surface area contributed by atoms with Gasteiger partial charge in [-0.05, 0) is 43.3 Å². The molecule has 2 aromatic carbocycles. The van der Waals surface area contributed by atoms with Crippen LogP contribution in [0, 0.1) is 5.92 Å². The maximum absolute atomic E-state index is 12.8. The number of hydrogen-bond donors (Lipinski definition) is 2. The molecule has 11 heteroatoms. The van der Waals surface area contributed by atoms with Crippen LogP contribution in [0.3, 0.4) is 0 Å². The molecule has 0 aliphatic carbocycles. The summed E-state index contributed by atoms with van der Waals surface area (Å²) in [5, 5.41) is 6.72. The first kappa shape index (κ1) is 30.6. The third-order valence-electron chi connectivity index (χ3n) is 7.03. The van der Waals surface area contributed by atoms with Gasteiger partial charge >= 0.3 is 0 Å². The Morgan fingerprint density at radius 1 is 1.15 bits per heavy atom. The zero-order valence-corrected chi connectivity index (χ0v) is 25.5. The van der Waals surface area contributed by atoms with Gasteiger partial charge in [-0.25, -0.2) is 9.97 Å². The Balaban J connectivity index is 1.45. The fraction of sp³-hybridized carbons (Fsp3) is 0.400. The number of likely N-dealkylation sites (N-methyl/N-ethyl adjacent to an activating group) is 1. The van der Waals surface area contributed by atoms with Crippen molar-refractivity contribution in [2.45, 2.75) is 26.7 Å². The van der Waals surface area contributed by atoms with Gasteiger partial charge in [-0.15, -0.1) is 0 Å².